The number of hydrogen-bond acceptors (Lipinski definition) is 4. The molecule has 0 bridgehead atoms. The highest BCUT2D eigenvalue weighted by Gasteiger charge is 2.52. The Balaban J connectivity index is 0.000000133. The topological polar surface area (TPSA) is 38.2 Å². The van der Waals surface area contributed by atoms with E-state index in [-0.39, 0.29) is 0 Å². The molecule has 0 saturated carbocycles. The smallest absolute Gasteiger partial charge is 0.399 e. The first kappa shape index (κ1) is 54.2. The van der Waals surface area contributed by atoms with Gasteiger partial charge in [0.2, 0.25) is 0 Å². The lowest BCUT2D eigenvalue weighted by Gasteiger charge is -2.32. The first-order valence-electron chi connectivity index (χ1n) is 32.0. The maximum absolute atomic E-state index is 6.72. The van der Waals surface area contributed by atoms with E-state index in [0.29, 0.717) is 0 Å². The van der Waals surface area contributed by atoms with Gasteiger partial charge in [0.25, 0.3) is 0 Å². The van der Waals surface area contributed by atoms with Crippen molar-refractivity contribution in [1.29, 1.82) is 0 Å². The molecule has 7 heterocycles. The van der Waals surface area contributed by atoms with Crippen LogP contribution < -0.4 is 5.46 Å². The van der Waals surface area contributed by atoms with E-state index < -0.39 is 18.3 Å². The molecule has 442 valence electrons. The van der Waals surface area contributed by atoms with Gasteiger partial charge in [-0.15, -0.1) is 22.7 Å². The van der Waals surface area contributed by atoms with Crippen LogP contribution in [0.1, 0.15) is 27.7 Å². The fraction of sp³-hybridized carbons (Fsp3) is 0.0714. The van der Waals surface area contributed by atoms with Gasteiger partial charge in [-0.25, -0.2) is 0 Å². The van der Waals surface area contributed by atoms with Crippen molar-refractivity contribution in [2.45, 2.75) is 38.9 Å². The van der Waals surface area contributed by atoms with Crippen LogP contribution in [0.2, 0.25) is 0 Å². The van der Waals surface area contributed by atoms with Gasteiger partial charge in [0.1, 0.15) is 0 Å². The van der Waals surface area contributed by atoms with Gasteiger partial charge in [-0.1, -0.05) is 176 Å². The average molecular weight is 1230 g/mol. The van der Waals surface area contributed by atoms with Crippen LogP contribution >= 0.6 is 22.7 Å². The molecule has 20 rings (SSSR count). The summed E-state index contributed by atoms with van der Waals surface area (Å²) < 4.78 is 28.3. The Bertz CT molecular complexity index is 6250. The van der Waals surface area contributed by atoms with E-state index in [1.54, 1.807) is 0 Å². The molecule has 0 N–H and O–H groups in total. The van der Waals surface area contributed by atoms with Crippen molar-refractivity contribution < 1.29 is 9.31 Å². The Labute approximate surface area is 544 Å². The van der Waals surface area contributed by atoms with Gasteiger partial charge >= 0.3 is 7.12 Å². The van der Waals surface area contributed by atoms with Crippen LogP contribution in [0.4, 0.5) is 0 Å². The zero-order valence-electron chi connectivity index (χ0n) is 51.6. The second kappa shape index (κ2) is 20.5. The van der Waals surface area contributed by atoms with E-state index in [4.69, 9.17) is 9.31 Å². The molecule has 1 fully saturated rings. The number of para-hydroxylation sites is 6. The van der Waals surface area contributed by atoms with Gasteiger partial charge in [-0.05, 0) is 142 Å². The monoisotopic (exact) mass is 1230 g/mol. The van der Waals surface area contributed by atoms with Crippen molar-refractivity contribution in [3.8, 4) is 33.9 Å². The average Bonchev–Trinajstić information content (AvgIpc) is 1.56. The molecule has 1 aliphatic heterocycles. The highest BCUT2D eigenvalue weighted by Crippen LogP contribution is 2.48. The van der Waals surface area contributed by atoms with Gasteiger partial charge in [0.15, 0.2) is 0 Å². The van der Waals surface area contributed by atoms with Crippen molar-refractivity contribution in [3.63, 3.8) is 0 Å². The number of thiophene rings is 2. The van der Waals surface area contributed by atoms with Crippen molar-refractivity contribution in [1.82, 2.24) is 18.3 Å². The number of benzene rings is 13. The minimum absolute atomic E-state index is 0.442. The van der Waals surface area contributed by atoms with Crippen LogP contribution in [0.25, 0.3) is 161 Å². The summed E-state index contributed by atoms with van der Waals surface area (Å²) in [4.78, 5) is 0. The summed E-state index contributed by atoms with van der Waals surface area (Å²) in [5, 5.41) is 15.3. The van der Waals surface area contributed by atoms with E-state index in [1.807, 2.05) is 22.7 Å². The summed E-state index contributed by atoms with van der Waals surface area (Å²) in [5.41, 5.74) is 17.0. The van der Waals surface area contributed by atoms with Crippen molar-refractivity contribution in [2.75, 3.05) is 0 Å². The summed E-state index contributed by atoms with van der Waals surface area (Å²) >= 11 is 3.71. The molecule has 0 unspecified atom stereocenters. The number of hydrogen-bond donors (Lipinski definition) is 0. The molecule has 0 atom stereocenters. The lowest BCUT2D eigenvalue weighted by Crippen LogP contribution is -2.41. The number of fused-ring (bicyclic) bond motifs is 20. The first-order valence-corrected chi connectivity index (χ1v) is 33.6. The van der Waals surface area contributed by atoms with Crippen LogP contribution in [0, 0.1) is 0 Å². The largest absolute Gasteiger partial charge is 0.496 e. The van der Waals surface area contributed by atoms with E-state index in [1.165, 1.54) is 150 Å². The Morgan fingerprint density at radius 1 is 0.280 bits per heavy atom. The third-order valence-electron chi connectivity index (χ3n) is 20.0. The molecule has 0 spiro atoms. The van der Waals surface area contributed by atoms with E-state index >= 15 is 0 Å². The Kier molecular flexibility index (Phi) is 12.0. The fourth-order valence-corrected chi connectivity index (χ4v) is 17.6. The summed E-state index contributed by atoms with van der Waals surface area (Å²) in [5.74, 6) is 0. The van der Waals surface area contributed by atoms with E-state index in [0.717, 1.165) is 16.8 Å². The normalized spacial score (nSPS) is 14.1. The number of aromatic nitrogens is 4. The predicted octanol–water partition coefficient (Wildman–Crippen LogP) is 22.5. The number of rotatable bonds is 6. The quantitative estimate of drug-likeness (QED) is 0.156. The molecule has 1 aliphatic rings. The summed E-state index contributed by atoms with van der Waals surface area (Å²) in [6.45, 7) is 8.51. The first-order chi connectivity index (χ1) is 45.7. The summed E-state index contributed by atoms with van der Waals surface area (Å²) in [7, 11) is -0.478. The predicted molar refractivity (Wildman–Crippen MR) is 397 cm³/mol. The van der Waals surface area contributed by atoms with Gasteiger partial charge in [-0.2, -0.15) is 0 Å². The third-order valence-corrected chi connectivity index (χ3v) is 22.5. The minimum Gasteiger partial charge on any atom is -0.399 e. The molecule has 1 saturated heterocycles. The van der Waals surface area contributed by atoms with Crippen molar-refractivity contribution in [2.24, 2.45) is 0 Å². The van der Waals surface area contributed by atoms with E-state index in [2.05, 4.69) is 331 Å². The second-order valence-corrected chi connectivity index (χ2v) is 27.8. The lowest BCUT2D eigenvalue weighted by molar-refractivity contribution is 0.00578. The van der Waals surface area contributed by atoms with Gasteiger partial charge in [-0.3, -0.25) is 0 Å². The van der Waals surface area contributed by atoms with Crippen LogP contribution in [0.15, 0.2) is 285 Å². The summed E-state index contributed by atoms with van der Waals surface area (Å²) in [6, 6.07) is 104. The second-order valence-electron chi connectivity index (χ2n) is 25.7. The minimum atomic E-state index is -0.478. The highest BCUT2D eigenvalue weighted by molar-refractivity contribution is 7.27. The maximum atomic E-state index is 6.72. The highest BCUT2D eigenvalue weighted by atomic mass is 32.1. The van der Waals surface area contributed by atoms with Crippen LogP contribution in [-0.4, -0.2) is 36.6 Å². The lowest BCUT2D eigenvalue weighted by atomic mass is 9.78. The Morgan fingerprint density at radius 2 is 0.602 bits per heavy atom. The standard InChI is InChI=1S/C42H33BN2O2S.C42H26N2S/c1-41(2)42(3,4)47-43(46-41)32-25-27(24-31-28-16-10-13-21-37(28)48-40(31)32)45-34-20-12-9-18-30(34)39-36(45)23-22-35-38(39)29-17-8-11-19-33(29)44(35)26-14-6-5-7-15-26;1-3-13-27(14-4-1)33-25-29(26-34-30-17-9-12-22-39(30)45-42(33)34)44-36-21-11-8-19-32(36)41-38(44)24-23-37-40(41)31-18-7-10-20-35(31)43(37)28-15-5-2-6-16-28/h5-25H,1-4H3;1-26H. The molecule has 6 nitrogen and oxygen atoms in total. The molecule has 0 radical (unpaired) electrons. The fourth-order valence-electron chi connectivity index (χ4n) is 15.2. The molecule has 0 amide bonds. The van der Waals surface area contributed by atoms with Gasteiger partial charge < -0.3 is 27.6 Å². The van der Waals surface area contributed by atoms with E-state index in [9.17, 15) is 0 Å². The zero-order valence-corrected chi connectivity index (χ0v) is 53.3. The molecule has 0 aliphatic carbocycles. The Hall–Kier alpha value is -10.5. The SMILES string of the molecule is CC1(C)OB(c2cc(-n3c4ccccc4c4c5c6ccccc6n(-c6ccccc6)c5ccc43)cc3c2sc2ccccc23)OC1(C)C.c1ccc(-c2cc(-n3c4ccccc4c4c5c6ccccc6n(-c6ccccc6)c5ccc43)cc3c2sc2ccccc23)cc1. The summed E-state index contributed by atoms with van der Waals surface area (Å²) in [6.07, 6.45) is 0. The molecule has 9 heteroatoms. The molecular weight excluding hydrogens is 1170 g/mol. The zero-order chi connectivity index (χ0) is 61.8. The van der Waals surface area contributed by atoms with Crippen LogP contribution in [0.3, 0.4) is 0 Å². The van der Waals surface area contributed by atoms with Gasteiger partial charge in [0.05, 0.1) is 55.3 Å². The maximum Gasteiger partial charge on any atom is 0.496 e. The molecule has 19 aromatic rings. The Morgan fingerprint density at radius 3 is 1.02 bits per heavy atom. The molecule has 13 aromatic carbocycles. The molecule has 6 aromatic heterocycles. The number of nitrogens with zero attached hydrogens (tertiary/aromatic N) is 4. The van der Waals surface area contributed by atoms with Gasteiger partial charge in [0, 0.05) is 117 Å². The molecular formula is C84H59BN4O2S2. The van der Waals surface area contributed by atoms with Crippen LogP contribution in [-0.2, 0) is 9.31 Å². The molecule has 93 heavy (non-hydrogen) atoms. The third kappa shape index (κ3) is 8.08. The van der Waals surface area contributed by atoms with Crippen molar-refractivity contribution >= 4 is 163 Å². The van der Waals surface area contributed by atoms with Crippen molar-refractivity contribution in [3.05, 3.63) is 285 Å². The van der Waals surface area contributed by atoms with Crippen LogP contribution in [0.5, 0.6) is 0 Å².